The number of amides is 2. The molecule has 38 heavy (non-hydrogen) atoms. The maximum atomic E-state index is 13.1. The second kappa shape index (κ2) is 9.63. The molecule has 1 saturated heterocycles. The third kappa shape index (κ3) is 4.88. The molecule has 9 heteroatoms. The van der Waals surface area contributed by atoms with Crippen molar-refractivity contribution in [3.8, 4) is 0 Å². The van der Waals surface area contributed by atoms with E-state index in [1.807, 2.05) is 65.0 Å². The molecule has 0 spiro atoms. The highest BCUT2D eigenvalue weighted by atomic mass is 16.6. The van der Waals surface area contributed by atoms with Crippen LogP contribution in [0.5, 0.6) is 0 Å². The predicted molar refractivity (Wildman–Crippen MR) is 149 cm³/mol. The topological polar surface area (TPSA) is 108 Å². The van der Waals surface area contributed by atoms with Crippen LogP contribution < -0.4 is 5.73 Å². The maximum absolute atomic E-state index is 13.1. The molecule has 2 amide bonds. The minimum atomic E-state index is -0.523. The molecule has 9 nitrogen and oxygen atoms in total. The summed E-state index contributed by atoms with van der Waals surface area (Å²) in [6, 6.07) is 16.0. The van der Waals surface area contributed by atoms with Crippen LogP contribution in [0.1, 0.15) is 61.4 Å². The van der Waals surface area contributed by atoms with Gasteiger partial charge in [0.2, 0.25) is 5.96 Å². The van der Waals surface area contributed by atoms with Crippen LogP contribution in [-0.4, -0.2) is 55.9 Å². The molecule has 2 aromatic carbocycles. The average molecular weight is 515 g/mol. The standard InChI is InChI=1S/C29H34N6O3/c1-18-16-19(2)35(32-18)27(30)31-26(36)20-10-11-23-22-8-6-7-9-24(22)34(25(23)17-20)21-12-14-33(15-13-21)28(37)38-29(3,4)5/h6-11,16-17,21H,12-15H2,1-5H3,(H2,30,31,36). The number of hydrogen-bond acceptors (Lipinski definition) is 4. The molecule has 0 saturated carbocycles. The Morgan fingerprint density at radius 1 is 1.00 bits per heavy atom. The fraction of sp³-hybridized carbons (Fsp3) is 0.379. The molecule has 1 aliphatic rings. The molecule has 4 aromatic rings. The van der Waals surface area contributed by atoms with E-state index < -0.39 is 11.5 Å². The van der Waals surface area contributed by atoms with Crippen LogP contribution in [0.25, 0.3) is 21.8 Å². The van der Waals surface area contributed by atoms with Gasteiger partial charge in [-0.25, -0.2) is 9.48 Å². The number of hydrogen-bond donors (Lipinski definition) is 1. The summed E-state index contributed by atoms with van der Waals surface area (Å²) in [4.78, 5) is 31.7. The van der Waals surface area contributed by atoms with E-state index >= 15 is 0 Å². The monoisotopic (exact) mass is 514 g/mol. The zero-order valence-corrected chi connectivity index (χ0v) is 22.6. The largest absolute Gasteiger partial charge is 0.444 e. The summed E-state index contributed by atoms with van der Waals surface area (Å²) in [5.41, 5.74) is 9.74. The van der Waals surface area contributed by atoms with Gasteiger partial charge >= 0.3 is 6.09 Å². The molecule has 0 radical (unpaired) electrons. The number of rotatable bonds is 2. The quantitative estimate of drug-likeness (QED) is 0.293. The highest BCUT2D eigenvalue weighted by Gasteiger charge is 2.29. The average Bonchev–Trinajstić information content (AvgIpc) is 3.38. The number of carbonyl (C=O) groups excluding carboxylic acids is 2. The first-order valence-corrected chi connectivity index (χ1v) is 12.9. The van der Waals surface area contributed by atoms with Crippen LogP contribution in [-0.2, 0) is 4.74 Å². The number of para-hydroxylation sites is 1. The Morgan fingerprint density at radius 3 is 2.34 bits per heavy atom. The molecule has 0 unspecified atom stereocenters. The number of nitrogens with two attached hydrogens (primary N) is 1. The van der Waals surface area contributed by atoms with E-state index in [0.29, 0.717) is 18.7 Å². The van der Waals surface area contributed by atoms with Gasteiger partial charge in [-0.2, -0.15) is 10.1 Å². The van der Waals surface area contributed by atoms with Gasteiger partial charge in [-0.05, 0) is 71.7 Å². The van der Waals surface area contributed by atoms with Crippen LogP contribution >= 0.6 is 0 Å². The molecular weight excluding hydrogens is 480 g/mol. The minimum absolute atomic E-state index is 0.0377. The van der Waals surface area contributed by atoms with Gasteiger partial charge in [-0.15, -0.1) is 0 Å². The normalized spacial score (nSPS) is 15.4. The minimum Gasteiger partial charge on any atom is -0.444 e. The number of fused-ring (bicyclic) bond motifs is 3. The van der Waals surface area contributed by atoms with Crippen molar-refractivity contribution in [1.29, 1.82) is 0 Å². The third-order valence-electron chi connectivity index (χ3n) is 6.88. The lowest BCUT2D eigenvalue weighted by Gasteiger charge is -2.34. The number of piperidine rings is 1. The summed E-state index contributed by atoms with van der Waals surface area (Å²) in [5.74, 6) is -0.385. The first-order chi connectivity index (χ1) is 18.0. The Morgan fingerprint density at radius 2 is 1.68 bits per heavy atom. The maximum Gasteiger partial charge on any atom is 0.410 e. The smallest absolute Gasteiger partial charge is 0.410 e. The fourth-order valence-electron chi connectivity index (χ4n) is 5.24. The SMILES string of the molecule is Cc1cc(C)n(C(N)=NC(=O)c2ccc3c4ccccc4n(C4CCN(C(=O)OC(C)(C)C)CC4)c3c2)n1. The zero-order chi connectivity index (χ0) is 27.2. The van der Waals surface area contributed by atoms with Crippen molar-refractivity contribution in [2.45, 2.75) is 59.1 Å². The Hall–Kier alpha value is -4.14. The number of aliphatic imine (C=N–C) groups is 1. The Bertz CT molecular complexity index is 1560. The van der Waals surface area contributed by atoms with Crippen molar-refractivity contribution in [3.63, 3.8) is 0 Å². The lowest BCUT2D eigenvalue weighted by molar-refractivity contribution is 0.0190. The van der Waals surface area contributed by atoms with Crippen LogP contribution in [0.4, 0.5) is 4.79 Å². The van der Waals surface area contributed by atoms with E-state index in [-0.39, 0.29) is 18.1 Å². The molecule has 0 aliphatic carbocycles. The molecule has 5 rings (SSSR count). The van der Waals surface area contributed by atoms with Gasteiger partial charge in [-0.1, -0.05) is 24.3 Å². The fourth-order valence-corrected chi connectivity index (χ4v) is 5.24. The van der Waals surface area contributed by atoms with Crippen LogP contribution in [0.3, 0.4) is 0 Å². The van der Waals surface area contributed by atoms with Gasteiger partial charge in [0.1, 0.15) is 5.60 Å². The van der Waals surface area contributed by atoms with E-state index in [0.717, 1.165) is 46.0 Å². The Labute approximate surface area is 221 Å². The lowest BCUT2D eigenvalue weighted by atomic mass is 10.0. The van der Waals surface area contributed by atoms with Crippen molar-refractivity contribution in [3.05, 3.63) is 65.5 Å². The van der Waals surface area contributed by atoms with E-state index in [4.69, 9.17) is 10.5 Å². The number of carbonyl (C=O) groups is 2. The summed E-state index contributed by atoms with van der Waals surface area (Å²) in [5, 5.41) is 6.51. The summed E-state index contributed by atoms with van der Waals surface area (Å²) >= 11 is 0. The zero-order valence-electron chi connectivity index (χ0n) is 22.6. The molecule has 2 N–H and O–H groups in total. The Kier molecular flexibility index (Phi) is 6.46. The predicted octanol–water partition coefficient (Wildman–Crippen LogP) is 5.18. The molecule has 198 valence electrons. The van der Waals surface area contributed by atoms with Gasteiger partial charge in [0, 0.05) is 46.7 Å². The summed E-state index contributed by atoms with van der Waals surface area (Å²) < 4.78 is 9.35. The molecule has 1 aliphatic heterocycles. The summed E-state index contributed by atoms with van der Waals surface area (Å²) in [6.45, 7) is 10.6. The van der Waals surface area contributed by atoms with Crippen molar-refractivity contribution in [2.24, 2.45) is 10.7 Å². The van der Waals surface area contributed by atoms with Gasteiger partial charge < -0.3 is 19.9 Å². The summed E-state index contributed by atoms with van der Waals surface area (Å²) in [6.07, 6.45) is 1.30. The van der Waals surface area contributed by atoms with Crippen molar-refractivity contribution in [2.75, 3.05) is 13.1 Å². The van der Waals surface area contributed by atoms with Crippen molar-refractivity contribution >= 4 is 39.8 Å². The number of likely N-dealkylation sites (tertiary alicyclic amines) is 1. The third-order valence-corrected chi connectivity index (χ3v) is 6.88. The lowest BCUT2D eigenvalue weighted by Crippen LogP contribution is -2.42. The van der Waals surface area contributed by atoms with Crippen molar-refractivity contribution < 1.29 is 14.3 Å². The van der Waals surface area contributed by atoms with E-state index in [2.05, 4.69) is 26.8 Å². The second-order valence-corrected chi connectivity index (χ2v) is 10.9. The van der Waals surface area contributed by atoms with E-state index in [1.54, 1.807) is 11.0 Å². The first-order valence-electron chi connectivity index (χ1n) is 12.9. The number of benzene rings is 2. The van der Waals surface area contributed by atoms with E-state index in [1.165, 1.54) is 4.68 Å². The van der Waals surface area contributed by atoms with E-state index in [9.17, 15) is 9.59 Å². The van der Waals surface area contributed by atoms with Gasteiger partial charge in [-0.3, -0.25) is 4.79 Å². The van der Waals surface area contributed by atoms with Crippen LogP contribution in [0.15, 0.2) is 53.5 Å². The van der Waals surface area contributed by atoms with Crippen LogP contribution in [0, 0.1) is 13.8 Å². The number of ether oxygens (including phenoxy) is 1. The molecular formula is C29H34N6O3. The molecule has 3 heterocycles. The molecule has 1 fully saturated rings. The highest BCUT2D eigenvalue weighted by molar-refractivity contribution is 6.11. The summed E-state index contributed by atoms with van der Waals surface area (Å²) in [7, 11) is 0. The highest BCUT2D eigenvalue weighted by Crippen LogP contribution is 2.36. The van der Waals surface area contributed by atoms with Gasteiger partial charge in [0.25, 0.3) is 5.91 Å². The number of nitrogens with zero attached hydrogens (tertiary/aromatic N) is 5. The number of aryl methyl sites for hydroxylation is 2. The number of aromatic nitrogens is 3. The molecule has 2 aromatic heterocycles. The van der Waals surface area contributed by atoms with Crippen molar-refractivity contribution in [1.82, 2.24) is 19.2 Å². The van der Waals surface area contributed by atoms with Gasteiger partial charge in [0.15, 0.2) is 0 Å². The Balaban J connectivity index is 1.48. The van der Waals surface area contributed by atoms with Gasteiger partial charge in [0.05, 0.1) is 11.2 Å². The second-order valence-electron chi connectivity index (χ2n) is 10.9. The molecule has 0 atom stereocenters. The molecule has 0 bridgehead atoms. The van der Waals surface area contributed by atoms with Crippen LogP contribution in [0.2, 0.25) is 0 Å². The first kappa shape index (κ1) is 25.5.